The zero-order valence-electron chi connectivity index (χ0n) is 17.7. The van der Waals surface area contributed by atoms with Crippen LogP contribution < -0.4 is 10.6 Å². The molecule has 0 unspecified atom stereocenters. The summed E-state index contributed by atoms with van der Waals surface area (Å²) in [6, 6.07) is 13.2. The summed E-state index contributed by atoms with van der Waals surface area (Å²) in [5.41, 5.74) is 2.47. The van der Waals surface area contributed by atoms with Gasteiger partial charge in [-0.15, -0.1) is 0 Å². The van der Waals surface area contributed by atoms with E-state index >= 15 is 0 Å². The Kier molecular flexibility index (Phi) is 4.64. The fourth-order valence-electron chi connectivity index (χ4n) is 7.05. The van der Waals surface area contributed by atoms with E-state index in [2.05, 4.69) is 10.6 Å². The molecule has 0 atom stereocenters. The van der Waals surface area contributed by atoms with Gasteiger partial charge in [0.1, 0.15) is 0 Å². The van der Waals surface area contributed by atoms with Crippen LogP contribution in [0.1, 0.15) is 65.7 Å². The predicted molar refractivity (Wildman–Crippen MR) is 123 cm³/mol. The van der Waals surface area contributed by atoms with E-state index in [0.717, 1.165) is 40.5 Å². The zero-order chi connectivity index (χ0) is 21.0. The standard InChI is InChI=1S/C26H28N2O2S/c29-24(27-8-7-26-13-16-9-17(14-26)11-18(10-16)15-26)19-5-6-23-21(12-19)28-25(30)20-3-1-2-4-22(20)31-23/h1-6,12,16-18H,7-11,13-15H2,(H,27,29)(H,28,30). The molecule has 2 N–H and O–H groups in total. The summed E-state index contributed by atoms with van der Waals surface area (Å²) in [7, 11) is 0. The normalized spacial score (nSPS) is 30.2. The van der Waals surface area contributed by atoms with Crippen molar-refractivity contribution in [3.05, 3.63) is 53.6 Å². The number of carbonyl (C=O) groups excluding carboxylic acids is 2. The molecule has 5 aliphatic rings. The Hall–Kier alpha value is -2.27. The quantitative estimate of drug-likeness (QED) is 0.648. The minimum atomic E-state index is -0.124. The lowest BCUT2D eigenvalue weighted by atomic mass is 9.49. The summed E-state index contributed by atoms with van der Waals surface area (Å²) < 4.78 is 0. The lowest BCUT2D eigenvalue weighted by Crippen LogP contribution is -2.47. The molecule has 0 spiro atoms. The molecule has 4 nitrogen and oxygen atoms in total. The van der Waals surface area contributed by atoms with Crippen molar-refractivity contribution in [3.8, 4) is 0 Å². The van der Waals surface area contributed by atoms with Gasteiger partial charge in [0.25, 0.3) is 11.8 Å². The molecule has 2 amide bonds. The summed E-state index contributed by atoms with van der Waals surface area (Å²) in [6.07, 6.45) is 9.58. The molecule has 4 saturated carbocycles. The van der Waals surface area contributed by atoms with Gasteiger partial charge in [0.15, 0.2) is 0 Å². The zero-order valence-corrected chi connectivity index (χ0v) is 18.5. The van der Waals surface area contributed by atoms with Crippen molar-refractivity contribution in [3.63, 3.8) is 0 Å². The number of rotatable bonds is 4. The van der Waals surface area contributed by atoms with Gasteiger partial charge in [0, 0.05) is 21.9 Å². The molecule has 7 rings (SSSR count). The van der Waals surface area contributed by atoms with E-state index in [-0.39, 0.29) is 11.8 Å². The Morgan fingerprint density at radius 2 is 1.71 bits per heavy atom. The predicted octanol–water partition coefficient (Wildman–Crippen LogP) is 5.74. The highest BCUT2D eigenvalue weighted by molar-refractivity contribution is 7.99. The third-order valence-corrected chi connectivity index (χ3v) is 9.10. The van der Waals surface area contributed by atoms with Crippen LogP contribution in [-0.4, -0.2) is 18.4 Å². The molecular weight excluding hydrogens is 404 g/mol. The van der Waals surface area contributed by atoms with E-state index in [1.807, 2.05) is 42.5 Å². The Balaban J connectivity index is 1.13. The molecular formula is C26H28N2O2S. The molecule has 5 heteroatoms. The van der Waals surface area contributed by atoms with Gasteiger partial charge in [-0.2, -0.15) is 0 Å². The molecule has 2 aromatic rings. The van der Waals surface area contributed by atoms with Crippen LogP contribution in [-0.2, 0) is 0 Å². The average Bonchev–Trinajstić information content (AvgIpc) is 2.88. The minimum Gasteiger partial charge on any atom is -0.352 e. The van der Waals surface area contributed by atoms with Gasteiger partial charge in [-0.05, 0) is 98.4 Å². The molecule has 0 saturated heterocycles. The second-order valence-electron chi connectivity index (χ2n) is 10.2. The van der Waals surface area contributed by atoms with Crippen LogP contribution in [0.25, 0.3) is 0 Å². The third kappa shape index (κ3) is 3.57. The maximum absolute atomic E-state index is 12.9. The van der Waals surface area contributed by atoms with Gasteiger partial charge in [0.05, 0.1) is 11.3 Å². The fraction of sp³-hybridized carbons (Fsp3) is 0.462. The lowest BCUT2D eigenvalue weighted by Gasteiger charge is -2.57. The van der Waals surface area contributed by atoms with Crippen LogP contribution in [0, 0.1) is 23.2 Å². The van der Waals surface area contributed by atoms with Crippen LogP contribution in [0.5, 0.6) is 0 Å². The summed E-state index contributed by atoms with van der Waals surface area (Å²) >= 11 is 1.56. The molecule has 0 radical (unpaired) electrons. The topological polar surface area (TPSA) is 58.2 Å². The highest BCUT2D eigenvalue weighted by Gasteiger charge is 2.50. The smallest absolute Gasteiger partial charge is 0.256 e. The fourth-order valence-corrected chi connectivity index (χ4v) is 8.06. The van der Waals surface area contributed by atoms with Gasteiger partial charge in [-0.3, -0.25) is 9.59 Å². The number of benzene rings is 2. The summed E-state index contributed by atoms with van der Waals surface area (Å²) in [5, 5.41) is 6.15. The number of anilines is 1. The first-order chi connectivity index (χ1) is 15.1. The molecule has 0 aromatic heterocycles. The second kappa shape index (κ2) is 7.40. The van der Waals surface area contributed by atoms with E-state index in [4.69, 9.17) is 0 Å². The van der Waals surface area contributed by atoms with E-state index in [9.17, 15) is 9.59 Å². The molecule has 4 bridgehead atoms. The first kappa shape index (κ1) is 19.4. The number of amides is 2. The highest BCUT2D eigenvalue weighted by atomic mass is 32.2. The maximum Gasteiger partial charge on any atom is 0.256 e. The second-order valence-corrected chi connectivity index (χ2v) is 11.3. The Bertz CT molecular complexity index is 1030. The number of carbonyl (C=O) groups is 2. The van der Waals surface area contributed by atoms with Gasteiger partial charge in [0.2, 0.25) is 0 Å². The molecule has 1 heterocycles. The maximum atomic E-state index is 12.9. The van der Waals surface area contributed by atoms with Gasteiger partial charge >= 0.3 is 0 Å². The van der Waals surface area contributed by atoms with Crippen LogP contribution in [0.2, 0.25) is 0 Å². The number of fused-ring (bicyclic) bond motifs is 2. The molecule has 2 aromatic carbocycles. The minimum absolute atomic E-state index is 0.0476. The van der Waals surface area contributed by atoms with E-state index in [1.165, 1.54) is 38.5 Å². The molecule has 31 heavy (non-hydrogen) atoms. The van der Waals surface area contributed by atoms with Crippen LogP contribution in [0.3, 0.4) is 0 Å². The van der Waals surface area contributed by atoms with Crippen molar-refractivity contribution >= 4 is 29.3 Å². The average molecular weight is 433 g/mol. The summed E-state index contributed by atoms with van der Waals surface area (Å²) in [5.74, 6) is 2.65. The van der Waals surface area contributed by atoms with Crippen molar-refractivity contribution in [2.24, 2.45) is 23.2 Å². The van der Waals surface area contributed by atoms with Crippen molar-refractivity contribution in [2.75, 3.05) is 11.9 Å². The Morgan fingerprint density at radius 3 is 2.45 bits per heavy atom. The van der Waals surface area contributed by atoms with Gasteiger partial charge in [-0.1, -0.05) is 23.9 Å². The summed E-state index contributed by atoms with van der Waals surface area (Å²) in [4.78, 5) is 27.4. The van der Waals surface area contributed by atoms with E-state index in [1.54, 1.807) is 11.8 Å². The van der Waals surface area contributed by atoms with Gasteiger partial charge in [-0.25, -0.2) is 0 Å². The SMILES string of the molecule is O=C(NCCC12CC3CC(CC(C3)C1)C2)c1ccc2c(c1)NC(=O)c1ccccc1S2. The van der Waals surface area contributed by atoms with E-state index < -0.39 is 0 Å². The van der Waals surface area contributed by atoms with Crippen molar-refractivity contribution in [2.45, 2.75) is 54.7 Å². The van der Waals surface area contributed by atoms with Gasteiger partial charge < -0.3 is 10.6 Å². The number of hydrogen-bond donors (Lipinski definition) is 2. The molecule has 4 fully saturated rings. The van der Waals surface area contributed by atoms with Crippen LogP contribution >= 0.6 is 11.8 Å². The Labute approximate surface area is 187 Å². The van der Waals surface area contributed by atoms with Crippen LogP contribution in [0.15, 0.2) is 52.3 Å². The molecule has 160 valence electrons. The molecule has 1 aliphatic heterocycles. The van der Waals surface area contributed by atoms with Crippen molar-refractivity contribution in [1.29, 1.82) is 0 Å². The third-order valence-electron chi connectivity index (χ3n) is 7.95. The number of hydrogen-bond acceptors (Lipinski definition) is 3. The monoisotopic (exact) mass is 432 g/mol. The molecule has 4 aliphatic carbocycles. The highest BCUT2D eigenvalue weighted by Crippen LogP contribution is 2.61. The van der Waals surface area contributed by atoms with Crippen molar-refractivity contribution < 1.29 is 9.59 Å². The first-order valence-corrected chi connectivity index (χ1v) is 12.4. The van der Waals surface area contributed by atoms with E-state index in [0.29, 0.717) is 22.2 Å². The lowest BCUT2D eigenvalue weighted by molar-refractivity contribution is -0.0564. The van der Waals surface area contributed by atoms with Crippen molar-refractivity contribution in [1.82, 2.24) is 5.32 Å². The first-order valence-electron chi connectivity index (χ1n) is 11.6. The number of nitrogens with one attached hydrogen (secondary N) is 2. The van der Waals surface area contributed by atoms with Crippen LogP contribution in [0.4, 0.5) is 5.69 Å². The Morgan fingerprint density at radius 1 is 1.00 bits per heavy atom. The largest absolute Gasteiger partial charge is 0.352 e. The summed E-state index contributed by atoms with van der Waals surface area (Å²) in [6.45, 7) is 0.745.